The van der Waals surface area contributed by atoms with Crippen LogP contribution in [0.5, 0.6) is 0 Å². The molecule has 0 bridgehead atoms. The molecule has 5 heterocycles. The standard InChI is InChI=1S/C18H21N3OS.C14H9N3O4S.C14H13N3OS.C12H7N3O4S.C12H9NS/c1-12(22)21-15-8-6-13(19(2)3)10-17(15)23-18-11-14(20(4)5)7-9-16(18)21;1-8(18)16-11-4-2-9(15-19)6-13(11)22-14-7-10(17(20)21)3-5-12(14)16;1-8(18)17-11-4-2-9(15)6-13(11)19-14-7-10(16)3-5-12(14)17;16-14(17)7-1-3-9-11(5-7)20-12-6-8(15(18)19)2-4-10(12)13-9;1-3-7-11-9(5-1)13-10-6-2-4-8-12(10)14-11/h6-11H,1-5H3;2-7H,1H3;2-7H,15-16H2,1H3;1-6,13H;1-8,13H. The van der Waals surface area contributed by atoms with Crippen LogP contribution in [0.1, 0.15) is 20.8 Å². The Morgan fingerprint density at radius 1 is 0.378 bits per heavy atom. The minimum atomic E-state index is -0.488. The van der Waals surface area contributed by atoms with Gasteiger partial charge in [0.05, 0.1) is 71.6 Å². The third kappa shape index (κ3) is 14.8. The number of carbonyl (C=O) groups excluding carboxylic acids is 3. The van der Waals surface area contributed by atoms with Crippen LogP contribution >= 0.6 is 58.8 Å². The second kappa shape index (κ2) is 29.1. The summed E-state index contributed by atoms with van der Waals surface area (Å²) in [4.78, 5) is 96.3. The van der Waals surface area contributed by atoms with Crippen LogP contribution in [0.2, 0.25) is 0 Å². The van der Waals surface area contributed by atoms with Crippen molar-refractivity contribution < 1.29 is 29.2 Å². The number of nitrogen functional groups attached to an aromatic ring is 2. The van der Waals surface area contributed by atoms with Gasteiger partial charge in [0.1, 0.15) is 5.69 Å². The van der Waals surface area contributed by atoms with Crippen molar-refractivity contribution in [1.29, 1.82) is 0 Å². The molecule has 0 aliphatic carbocycles. The Hall–Kier alpha value is -11.0. The van der Waals surface area contributed by atoms with E-state index in [1.807, 2.05) is 76.4 Å². The summed E-state index contributed by atoms with van der Waals surface area (Å²) >= 11 is 7.66. The molecule has 23 nitrogen and oxygen atoms in total. The predicted octanol–water partition coefficient (Wildman–Crippen LogP) is 18.7. The molecule has 5 aliphatic heterocycles. The van der Waals surface area contributed by atoms with Gasteiger partial charge in [-0.15, -0.1) is 4.91 Å². The molecule has 0 unspecified atom stereocenters. The highest BCUT2D eigenvalue weighted by Crippen LogP contribution is 2.54. The van der Waals surface area contributed by atoms with Crippen LogP contribution in [0.4, 0.5) is 102 Å². The fourth-order valence-corrected chi connectivity index (χ4v) is 16.1. The molecule has 0 radical (unpaired) electrons. The van der Waals surface area contributed by atoms with Crippen LogP contribution in [0.25, 0.3) is 0 Å². The molecular weight excluding hydrogens is 1340 g/mol. The lowest BCUT2D eigenvalue weighted by Gasteiger charge is -2.32. The van der Waals surface area contributed by atoms with Gasteiger partial charge < -0.3 is 31.9 Å². The Balaban J connectivity index is 0.000000125. The van der Waals surface area contributed by atoms with Gasteiger partial charge in [0.15, 0.2) is 0 Å². The molecule has 0 atom stereocenters. The van der Waals surface area contributed by atoms with Crippen LogP contribution in [0.3, 0.4) is 0 Å². The molecule has 6 N–H and O–H groups in total. The van der Waals surface area contributed by atoms with E-state index in [4.69, 9.17) is 11.5 Å². The van der Waals surface area contributed by atoms with Crippen molar-refractivity contribution in [2.24, 2.45) is 5.18 Å². The first-order chi connectivity index (χ1) is 46.9. The summed E-state index contributed by atoms with van der Waals surface area (Å²) in [7, 11) is 8.10. The third-order valence-corrected chi connectivity index (χ3v) is 20.8. The number of amides is 3. The van der Waals surface area contributed by atoms with Gasteiger partial charge in [-0.2, -0.15) is 0 Å². The van der Waals surface area contributed by atoms with Crippen LogP contribution in [-0.4, -0.2) is 60.7 Å². The molecular formula is C70H59N13O10S5. The van der Waals surface area contributed by atoms with Crippen LogP contribution in [0.15, 0.2) is 248 Å². The number of rotatable bonds is 6. The largest absolute Gasteiger partial charge is 0.399 e. The molecule has 0 aromatic heterocycles. The number of nitrogens with two attached hydrogens (primary N) is 2. The van der Waals surface area contributed by atoms with Gasteiger partial charge in [-0.3, -0.25) is 59.4 Å². The van der Waals surface area contributed by atoms with E-state index in [0.717, 1.165) is 65.1 Å². The number of hydrogen-bond donors (Lipinski definition) is 4. The third-order valence-electron chi connectivity index (χ3n) is 15.2. The van der Waals surface area contributed by atoms with Gasteiger partial charge in [-0.05, 0) is 139 Å². The lowest BCUT2D eigenvalue weighted by Crippen LogP contribution is -2.26. The van der Waals surface area contributed by atoms with Crippen molar-refractivity contribution in [2.75, 3.05) is 74.8 Å². The lowest BCUT2D eigenvalue weighted by molar-refractivity contribution is -0.385. The number of non-ortho nitro benzene ring substituents is 3. The Morgan fingerprint density at radius 3 is 1.05 bits per heavy atom. The number of anilines is 14. The summed E-state index contributed by atoms with van der Waals surface area (Å²) in [6.07, 6.45) is 0. The lowest BCUT2D eigenvalue weighted by atomic mass is 10.2. The first kappa shape index (κ1) is 68.3. The van der Waals surface area contributed by atoms with E-state index in [2.05, 4.69) is 98.4 Å². The van der Waals surface area contributed by atoms with Crippen LogP contribution in [-0.2, 0) is 14.4 Å². The first-order valence-corrected chi connectivity index (χ1v) is 33.8. The molecule has 3 amide bonds. The molecule has 15 rings (SSSR count). The zero-order chi connectivity index (χ0) is 69.8. The van der Waals surface area contributed by atoms with Crippen molar-refractivity contribution in [3.05, 3.63) is 229 Å². The maximum absolute atomic E-state index is 12.3. The van der Waals surface area contributed by atoms with Gasteiger partial charge in [0.25, 0.3) is 17.1 Å². The minimum Gasteiger partial charge on any atom is -0.399 e. The van der Waals surface area contributed by atoms with Crippen molar-refractivity contribution in [3.63, 3.8) is 0 Å². The number of nitrogens with zero attached hydrogens (tertiary/aromatic N) is 9. The van der Waals surface area contributed by atoms with Gasteiger partial charge in [-0.1, -0.05) is 83.1 Å². The molecule has 98 heavy (non-hydrogen) atoms. The Kier molecular flexibility index (Phi) is 20.3. The quantitative estimate of drug-likeness (QED) is 0.0520. The molecule has 0 spiro atoms. The number of nitro groups is 3. The monoisotopic (exact) mass is 1400 g/mol. The van der Waals surface area contributed by atoms with Gasteiger partial charge in [0, 0.05) is 157 Å². The van der Waals surface area contributed by atoms with Gasteiger partial charge >= 0.3 is 0 Å². The first-order valence-electron chi connectivity index (χ1n) is 29.7. The Labute approximate surface area is 583 Å². The predicted molar refractivity (Wildman–Crippen MR) is 393 cm³/mol. The van der Waals surface area contributed by atoms with Crippen molar-refractivity contribution in [1.82, 2.24) is 0 Å². The number of nitrogens with one attached hydrogen (secondary N) is 2. The molecule has 0 saturated carbocycles. The highest BCUT2D eigenvalue weighted by Gasteiger charge is 2.31. The summed E-state index contributed by atoms with van der Waals surface area (Å²) in [6.45, 7) is 4.58. The smallest absolute Gasteiger partial charge is 0.270 e. The number of benzene rings is 10. The van der Waals surface area contributed by atoms with Crippen molar-refractivity contribution in [2.45, 2.75) is 69.7 Å². The van der Waals surface area contributed by atoms with Gasteiger partial charge in [0.2, 0.25) is 17.7 Å². The number of hydrogen-bond acceptors (Lipinski definition) is 22. The zero-order valence-corrected chi connectivity index (χ0v) is 57.4. The van der Waals surface area contributed by atoms with E-state index in [9.17, 15) is 49.6 Å². The summed E-state index contributed by atoms with van der Waals surface area (Å²) in [5.41, 5.74) is 24.2. The van der Waals surface area contributed by atoms with Crippen molar-refractivity contribution in [3.8, 4) is 0 Å². The van der Waals surface area contributed by atoms with Gasteiger partial charge in [-0.25, -0.2) is 0 Å². The number of para-hydroxylation sites is 2. The Bertz CT molecular complexity index is 4650. The summed E-state index contributed by atoms with van der Waals surface area (Å²) < 4.78 is 0. The minimum absolute atomic E-state index is 0.00747. The van der Waals surface area contributed by atoms with Crippen molar-refractivity contribution >= 4 is 179 Å². The second-order valence-electron chi connectivity index (χ2n) is 22.4. The fourth-order valence-electron chi connectivity index (χ4n) is 10.6. The van der Waals surface area contributed by atoms with E-state index >= 15 is 0 Å². The average molecular weight is 1400 g/mol. The number of nitroso groups, excluding NO2 is 1. The number of carbonyl (C=O) groups is 3. The summed E-state index contributed by atoms with van der Waals surface area (Å²) in [6, 6.07) is 58.4. The Morgan fingerprint density at radius 2 is 0.673 bits per heavy atom. The highest BCUT2D eigenvalue weighted by molar-refractivity contribution is 8.00. The van der Waals surface area contributed by atoms with E-state index in [-0.39, 0.29) is 40.5 Å². The van der Waals surface area contributed by atoms with E-state index in [0.29, 0.717) is 42.3 Å². The molecule has 10 aromatic rings. The maximum Gasteiger partial charge on any atom is 0.270 e. The number of nitro benzene ring substituents is 3. The maximum atomic E-state index is 12.3. The average Bonchev–Trinajstić information content (AvgIpc) is 0.774. The number of fused-ring (bicyclic) bond motifs is 10. The molecule has 0 fully saturated rings. The normalized spacial score (nSPS) is 12.4. The highest BCUT2D eigenvalue weighted by atomic mass is 32.2. The van der Waals surface area contributed by atoms with Crippen LogP contribution < -0.4 is 46.6 Å². The van der Waals surface area contributed by atoms with E-state index in [1.165, 1.54) is 99.0 Å². The molecule has 10 aromatic carbocycles. The zero-order valence-electron chi connectivity index (χ0n) is 53.3. The van der Waals surface area contributed by atoms with E-state index in [1.54, 1.807) is 89.6 Å². The fraction of sp³-hybridized carbons (Fsp3) is 0.100. The summed E-state index contributed by atoms with van der Waals surface area (Å²) in [5.74, 6) is -0.219. The SMILES string of the molecule is CC(=O)N1c2ccc(N(C)C)cc2Sc2cc(N(C)C)ccc21.CC(=O)N1c2ccc(N)cc2Sc2cc(N)ccc21.CC(=O)N1c2ccc(N=O)cc2Sc2cc([N+](=O)[O-])ccc21.O=[N+]([O-])c1ccc2c(c1)Sc1cc([N+](=O)[O-])ccc1N2.c1ccc2c(c1)Nc1ccccc1S2. The second-order valence-corrected chi connectivity index (χ2v) is 27.8. The molecule has 0 saturated heterocycles. The molecule has 28 heteroatoms. The molecule has 5 aliphatic rings. The van der Waals surface area contributed by atoms with E-state index < -0.39 is 14.8 Å². The molecule has 494 valence electrons. The van der Waals surface area contributed by atoms with Crippen LogP contribution in [0, 0.1) is 35.3 Å². The topological polar surface area (TPSA) is 302 Å². The summed E-state index contributed by atoms with van der Waals surface area (Å²) in [5, 5.41) is 41.8.